The van der Waals surface area contributed by atoms with Gasteiger partial charge in [0.15, 0.2) is 0 Å². The molecule has 0 saturated carbocycles. The van der Waals surface area contributed by atoms with E-state index >= 15 is 4.39 Å². The van der Waals surface area contributed by atoms with E-state index in [-0.39, 0.29) is 28.1 Å². The third-order valence-corrected chi connectivity index (χ3v) is 5.67. The van der Waals surface area contributed by atoms with Crippen LogP contribution in [0, 0.1) is 11.6 Å². The Morgan fingerprint density at radius 1 is 0.824 bits per heavy atom. The molecule has 3 heterocycles. The number of fused-ring (bicyclic) bond motifs is 1. The fourth-order valence-corrected chi connectivity index (χ4v) is 4.20. The van der Waals surface area contributed by atoms with Gasteiger partial charge in [-0.05, 0) is 41.5 Å². The van der Waals surface area contributed by atoms with E-state index in [1.165, 1.54) is 49.1 Å². The van der Waals surface area contributed by atoms with Crippen LogP contribution >= 0.6 is 0 Å². The minimum atomic E-state index is -4.77. The number of halogens is 5. The Morgan fingerprint density at radius 3 is 2.32 bits per heavy atom. The summed E-state index contributed by atoms with van der Waals surface area (Å²) in [5, 5.41) is 0. The molecule has 0 saturated heterocycles. The number of aliphatic imine (C=N–C) groups is 1. The zero-order chi connectivity index (χ0) is 24.1. The van der Waals surface area contributed by atoms with Gasteiger partial charge in [-0.1, -0.05) is 18.2 Å². The molecule has 1 aliphatic heterocycles. The molecule has 0 radical (unpaired) electrons. The Bertz CT molecular complexity index is 1440. The summed E-state index contributed by atoms with van der Waals surface area (Å²) >= 11 is 0. The summed E-state index contributed by atoms with van der Waals surface area (Å²) in [7, 11) is 0. The molecule has 34 heavy (non-hydrogen) atoms. The van der Waals surface area contributed by atoms with E-state index in [2.05, 4.69) is 19.9 Å². The monoisotopic (exact) mass is 467 g/mol. The van der Waals surface area contributed by atoms with Gasteiger partial charge in [0.05, 0.1) is 5.56 Å². The van der Waals surface area contributed by atoms with Crippen molar-refractivity contribution in [3.8, 4) is 11.1 Å². The van der Waals surface area contributed by atoms with Gasteiger partial charge in [-0.3, -0.25) is 4.98 Å². The van der Waals surface area contributed by atoms with Crippen molar-refractivity contribution in [3.63, 3.8) is 0 Å². The lowest BCUT2D eigenvalue weighted by Gasteiger charge is -2.30. The lowest BCUT2D eigenvalue weighted by Crippen LogP contribution is -2.28. The van der Waals surface area contributed by atoms with E-state index in [1.807, 2.05) is 0 Å². The predicted molar refractivity (Wildman–Crippen MR) is 114 cm³/mol. The molecule has 10 heteroatoms. The number of benzene rings is 2. The van der Waals surface area contributed by atoms with E-state index < -0.39 is 29.0 Å². The van der Waals surface area contributed by atoms with Gasteiger partial charge in [0, 0.05) is 35.3 Å². The average Bonchev–Trinajstić information content (AvgIpc) is 3.14. The molecule has 1 aliphatic rings. The van der Waals surface area contributed by atoms with Gasteiger partial charge in [-0.2, -0.15) is 13.2 Å². The fraction of sp³-hybridized carbons (Fsp3) is 0.0833. The lowest BCUT2D eigenvalue weighted by molar-refractivity contribution is -0.141. The first kappa shape index (κ1) is 21.6. The van der Waals surface area contributed by atoms with Crippen LogP contribution in [0.2, 0.25) is 0 Å². The molecule has 2 aromatic carbocycles. The minimum Gasteiger partial charge on any atom is -0.383 e. The molecule has 2 N–H and O–H groups in total. The average molecular weight is 467 g/mol. The van der Waals surface area contributed by atoms with Crippen LogP contribution in [0.25, 0.3) is 11.1 Å². The van der Waals surface area contributed by atoms with Crippen molar-refractivity contribution < 1.29 is 22.0 Å². The number of nitrogens with two attached hydrogens (primary N) is 1. The first-order valence-corrected chi connectivity index (χ1v) is 9.95. The summed E-state index contributed by atoms with van der Waals surface area (Å²) in [5.74, 6) is -1.75. The molecule has 5 rings (SSSR count). The first-order valence-electron chi connectivity index (χ1n) is 9.95. The second kappa shape index (κ2) is 7.68. The number of aromatic nitrogens is 3. The van der Waals surface area contributed by atoms with E-state index in [4.69, 9.17) is 5.73 Å². The Balaban J connectivity index is 1.86. The Hall–Kier alpha value is -4.21. The Morgan fingerprint density at radius 2 is 1.59 bits per heavy atom. The van der Waals surface area contributed by atoms with Gasteiger partial charge in [-0.25, -0.2) is 23.7 Å². The molecule has 0 fully saturated rings. The summed E-state index contributed by atoms with van der Waals surface area (Å²) in [6.45, 7) is 0. The van der Waals surface area contributed by atoms with Crippen molar-refractivity contribution in [2.45, 2.75) is 11.7 Å². The Labute approximate surface area is 189 Å². The van der Waals surface area contributed by atoms with Crippen molar-refractivity contribution in [1.82, 2.24) is 15.0 Å². The molecule has 0 spiro atoms. The molecule has 4 aromatic rings. The summed E-state index contributed by atoms with van der Waals surface area (Å²) < 4.78 is 70.8. The zero-order valence-corrected chi connectivity index (χ0v) is 17.2. The van der Waals surface area contributed by atoms with Crippen LogP contribution in [0.5, 0.6) is 0 Å². The zero-order valence-electron chi connectivity index (χ0n) is 17.2. The SMILES string of the molecule is NC1=NC(c2ccnc(C(F)(F)F)c2)(c2cc(-c3cncnc3)ccc2F)c2cccc(F)c21. The number of hydrogen-bond donors (Lipinski definition) is 1. The number of alkyl halides is 3. The molecule has 1 unspecified atom stereocenters. The van der Waals surface area contributed by atoms with Crippen LogP contribution in [0.1, 0.15) is 27.9 Å². The normalized spacial score (nSPS) is 17.4. The lowest BCUT2D eigenvalue weighted by atomic mass is 9.76. The van der Waals surface area contributed by atoms with Crippen LogP contribution in [0.15, 0.2) is 78.4 Å². The van der Waals surface area contributed by atoms with Gasteiger partial charge in [0.2, 0.25) is 0 Å². The second-order valence-corrected chi connectivity index (χ2v) is 7.62. The summed E-state index contributed by atoms with van der Waals surface area (Å²) in [6.07, 6.45) is 0.523. The quantitative estimate of drug-likeness (QED) is 0.437. The number of nitrogens with zero attached hydrogens (tertiary/aromatic N) is 4. The first-order chi connectivity index (χ1) is 16.2. The van der Waals surface area contributed by atoms with Gasteiger partial charge < -0.3 is 5.73 Å². The molecular formula is C24H14F5N5. The van der Waals surface area contributed by atoms with Crippen LogP contribution in [0.4, 0.5) is 22.0 Å². The van der Waals surface area contributed by atoms with Crippen LogP contribution < -0.4 is 5.73 Å². The highest BCUT2D eigenvalue weighted by atomic mass is 19.4. The fourth-order valence-electron chi connectivity index (χ4n) is 4.20. The van der Waals surface area contributed by atoms with Crippen LogP contribution in [-0.4, -0.2) is 20.8 Å². The largest absolute Gasteiger partial charge is 0.433 e. The molecular weight excluding hydrogens is 453 g/mol. The number of amidine groups is 1. The van der Waals surface area contributed by atoms with Crippen molar-refractivity contribution in [3.05, 3.63) is 113 Å². The maximum Gasteiger partial charge on any atom is 0.433 e. The van der Waals surface area contributed by atoms with Gasteiger partial charge in [-0.15, -0.1) is 0 Å². The smallest absolute Gasteiger partial charge is 0.383 e. The maximum atomic E-state index is 15.5. The van der Waals surface area contributed by atoms with Crippen molar-refractivity contribution in [1.29, 1.82) is 0 Å². The minimum absolute atomic E-state index is 0.0671. The van der Waals surface area contributed by atoms with E-state index in [0.717, 1.165) is 24.4 Å². The highest BCUT2D eigenvalue weighted by molar-refractivity contribution is 6.03. The third kappa shape index (κ3) is 3.30. The Kier molecular flexibility index (Phi) is 4.89. The molecule has 1 atom stereocenters. The van der Waals surface area contributed by atoms with E-state index in [9.17, 15) is 17.6 Å². The highest BCUT2D eigenvalue weighted by Gasteiger charge is 2.47. The molecule has 0 bridgehead atoms. The van der Waals surface area contributed by atoms with Crippen LogP contribution in [0.3, 0.4) is 0 Å². The summed E-state index contributed by atoms with van der Waals surface area (Å²) in [6, 6.07) is 10.1. The number of rotatable bonds is 3. The van der Waals surface area contributed by atoms with Gasteiger partial charge in [0.1, 0.15) is 35.0 Å². The van der Waals surface area contributed by atoms with Crippen molar-refractivity contribution in [2.24, 2.45) is 10.7 Å². The van der Waals surface area contributed by atoms with Gasteiger partial charge in [0.25, 0.3) is 0 Å². The molecule has 5 nitrogen and oxygen atoms in total. The van der Waals surface area contributed by atoms with Crippen molar-refractivity contribution >= 4 is 5.84 Å². The standard InChI is InChI=1S/C24H14F5N5/c25-18-5-4-13(14-10-31-12-32-11-14)8-17(18)23(15-6-7-33-20(9-15)24(27,28)29)16-2-1-3-19(26)21(16)22(30)34-23/h1-12H,(H2,30,34). The molecule has 170 valence electrons. The topological polar surface area (TPSA) is 77.0 Å². The second-order valence-electron chi connectivity index (χ2n) is 7.62. The van der Waals surface area contributed by atoms with Crippen molar-refractivity contribution in [2.75, 3.05) is 0 Å². The number of pyridine rings is 1. The highest BCUT2D eigenvalue weighted by Crippen LogP contribution is 2.48. The predicted octanol–water partition coefficient (Wildman–Crippen LogP) is 4.85. The molecule has 0 aliphatic carbocycles. The summed E-state index contributed by atoms with van der Waals surface area (Å²) in [5.41, 5.74) is 3.83. The maximum absolute atomic E-state index is 15.5. The van der Waals surface area contributed by atoms with Crippen LogP contribution in [-0.2, 0) is 11.7 Å². The number of hydrogen-bond acceptors (Lipinski definition) is 5. The van der Waals surface area contributed by atoms with Gasteiger partial charge >= 0.3 is 6.18 Å². The molecule has 2 aromatic heterocycles. The van der Waals surface area contributed by atoms with E-state index in [1.54, 1.807) is 0 Å². The molecule has 0 amide bonds. The van der Waals surface area contributed by atoms with E-state index in [0.29, 0.717) is 11.1 Å². The summed E-state index contributed by atoms with van der Waals surface area (Å²) in [4.78, 5) is 15.7. The third-order valence-electron chi connectivity index (χ3n) is 5.67.